The smallest absolute Gasteiger partial charge is 0.248 e. The number of para-hydroxylation sites is 2. The van der Waals surface area contributed by atoms with E-state index in [4.69, 9.17) is 4.74 Å². The van der Waals surface area contributed by atoms with Gasteiger partial charge in [-0.15, -0.1) is 0 Å². The molecule has 4 aromatic rings. The molecular formula is C34H28N2O4. The van der Waals surface area contributed by atoms with Crippen LogP contribution < -0.4 is 10.1 Å². The molecule has 198 valence electrons. The topological polar surface area (TPSA) is 75.7 Å². The van der Waals surface area contributed by atoms with E-state index in [1.165, 1.54) is 12.0 Å². The minimum absolute atomic E-state index is 0.216. The zero-order chi connectivity index (χ0) is 27.4. The minimum Gasteiger partial charge on any atom is -0.495 e. The second-order valence-electron chi connectivity index (χ2n) is 10.7. The normalized spacial score (nSPS) is 22.8. The summed E-state index contributed by atoms with van der Waals surface area (Å²) in [4.78, 5) is 44.0. The van der Waals surface area contributed by atoms with Crippen molar-refractivity contribution in [2.24, 2.45) is 11.8 Å². The van der Waals surface area contributed by atoms with Crippen molar-refractivity contribution in [3.63, 3.8) is 0 Å². The number of methoxy groups -OCH3 is 1. The second kappa shape index (κ2) is 9.49. The Morgan fingerprint density at radius 3 is 1.73 bits per heavy atom. The SMILES string of the molecule is COc1ccccc1NC(=O)[C@H](Cc1ccccc1)N1C(=O)[C@@H]2C3c4ccccc4C(c4ccccc43)[C@@H]2C1=O. The lowest BCUT2D eigenvalue weighted by atomic mass is 9.55. The summed E-state index contributed by atoms with van der Waals surface area (Å²) in [6.07, 6.45) is 0.216. The van der Waals surface area contributed by atoms with Gasteiger partial charge in [0.25, 0.3) is 0 Å². The molecule has 0 aromatic heterocycles. The number of imide groups is 1. The van der Waals surface area contributed by atoms with Crippen LogP contribution in [0.2, 0.25) is 0 Å². The van der Waals surface area contributed by atoms with Crippen LogP contribution in [0.15, 0.2) is 103 Å². The van der Waals surface area contributed by atoms with E-state index in [1.54, 1.807) is 18.2 Å². The van der Waals surface area contributed by atoms with E-state index in [2.05, 4.69) is 29.6 Å². The van der Waals surface area contributed by atoms with Gasteiger partial charge in [-0.05, 0) is 39.9 Å². The Bertz CT molecular complexity index is 1530. The lowest BCUT2D eigenvalue weighted by Crippen LogP contribution is -2.49. The standard InChI is InChI=1S/C34H28N2O4/c1-40-27-18-10-9-17-25(27)35-32(37)26(19-20-11-3-2-4-12-20)36-33(38)30-28-21-13-5-6-14-22(21)29(31(30)34(36)39)24-16-8-7-15-23(24)28/h2-18,26,28-31H,19H2,1H3,(H,35,37)/t26-,28?,29?,30-,31+/m0/s1. The molecule has 0 spiro atoms. The van der Waals surface area contributed by atoms with Gasteiger partial charge in [-0.25, -0.2) is 0 Å². The van der Waals surface area contributed by atoms with Crippen LogP contribution in [0.3, 0.4) is 0 Å². The maximum atomic E-state index is 14.4. The highest BCUT2D eigenvalue weighted by molar-refractivity contribution is 6.12. The largest absolute Gasteiger partial charge is 0.495 e. The van der Waals surface area contributed by atoms with E-state index in [1.807, 2.05) is 60.7 Å². The predicted octanol–water partition coefficient (Wildman–Crippen LogP) is 5.14. The number of hydrogen-bond acceptors (Lipinski definition) is 4. The number of carbonyl (C=O) groups is 3. The average molecular weight is 529 g/mol. The van der Waals surface area contributed by atoms with Gasteiger partial charge in [0.05, 0.1) is 24.6 Å². The van der Waals surface area contributed by atoms with Crippen molar-refractivity contribution in [2.75, 3.05) is 12.4 Å². The second-order valence-corrected chi connectivity index (χ2v) is 10.7. The molecule has 0 radical (unpaired) electrons. The number of ether oxygens (including phenoxy) is 1. The summed E-state index contributed by atoms with van der Waals surface area (Å²) in [7, 11) is 1.54. The highest BCUT2D eigenvalue weighted by Gasteiger charge is 2.63. The van der Waals surface area contributed by atoms with Crippen LogP contribution in [0.5, 0.6) is 5.75 Å². The van der Waals surface area contributed by atoms with Crippen LogP contribution in [-0.2, 0) is 20.8 Å². The molecule has 1 N–H and O–H groups in total. The first-order valence-electron chi connectivity index (χ1n) is 13.6. The van der Waals surface area contributed by atoms with Crippen molar-refractivity contribution in [1.82, 2.24) is 4.90 Å². The van der Waals surface area contributed by atoms with Crippen molar-refractivity contribution < 1.29 is 19.1 Å². The molecule has 8 rings (SSSR count). The summed E-state index contributed by atoms with van der Waals surface area (Å²) >= 11 is 0. The third kappa shape index (κ3) is 3.59. The molecule has 1 heterocycles. The molecule has 3 aliphatic carbocycles. The fourth-order valence-electron chi connectivity index (χ4n) is 7.11. The highest BCUT2D eigenvalue weighted by atomic mass is 16.5. The number of nitrogens with zero attached hydrogens (tertiary/aromatic N) is 1. The predicted molar refractivity (Wildman–Crippen MR) is 151 cm³/mol. The maximum absolute atomic E-state index is 14.4. The molecule has 4 aromatic carbocycles. The van der Waals surface area contributed by atoms with Gasteiger partial charge in [0.2, 0.25) is 17.7 Å². The molecule has 6 nitrogen and oxygen atoms in total. The van der Waals surface area contributed by atoms with Crippen molar-refractivity contribution in [3.05, 3.63) is 131 Å². The molecule has 2 bridgehead atoms. The lowest BCUT2D eigenvalue weighted by Gasteiger charge is -2.45. The molecule has 6 heteroatoms. The number of carbonyl (C=O) groups excluding carboxylic acids is 3. The zero-order valence-electron chi connectivity index (χ0n) is 22.0. The Morgan fingerprint density at radius 1 is 0.725 bits per heavy atom. The molecule has 0 unspecified atom stereocenters. The van der Waals surface area contributed by atoms with E-state index in [-0.39, 0.29) is 30.1 Å². The Hall–Kier alpha value is -4.71. The Balaban J connectivity index is 1.31. The van der Waals surface area contributed by atoms with E-state index in [0.717, 1.165) is 27.8 Å². The first-order chi connectivity index (χ1) is 19.6. The summed E-state index contributed by atoms with van der Waals surface area (Å²) in [6.45, 7) is 0. The summed E-state index contributed by atoms with van der Waals surface area (Å²) in [5.74, 6) is -1.99. The number of rotatable bonds is 6. The molecule has 0 saturated carbocycles. The lowest BCUT2D eigenvalue weighted by molar-refractivity contribution is -0.146. The number of amides is 3. The fourth-order valence-corrected chi connectivity index (χ4v) is 7.11. The highest BCUT2D eigenvalue weighted by Crippen LogP contribution is 2.61. The minimum atomic E-state index is -1.01. The van der Waals surface area contributed by atoms with Gasteiger partial charge in [-0.3, -0.25) is 19.3 Å². The molecule has 1 saturated heterocycles. The van der Waals surface area contributed by atoms with Crippen LogP contribution in [-0.4, -0.2) is 35.8 Å². The summed E-state index contributed by atoms with van der Waals surface area (Å²) in [5, 5.41) is 2.94. The maximum Gasteiger partial charge on any atom is 0.248 e. The Kier molecular flexibility index (Phi) is 5.77. The third-order valence-electron chi connectivity index (χ3n) is 8.73. The monoisotopic (exact) mass is 528 g/mol. The summed E-state index contributed by atoms with van der Waals surface area (Å²) in [6, 6.07) is 31.9. The van der Waals surface area contributed by atoms with Gasteiger partial charge in [0.1, 0.15) is 11.8 Å². The number of likely N-dealkylation sites (tertiary alicyclic amines) is 1. The zero-order valence-corrected chi connectivity index (χ0v) is 22.0. The van der Waals surface area contributed by atoms with Gasteiger partial charge in [0, 0.05) is 18.3 Å². The van der Waals surface area contributed by atoms with Crippen LogP contribution in [0.25, 0.3) is 0 Å². The quantitative estimate of drug-likeness (QED) is 0.352. The van der Waals surface area contributed by atoms with Gasteiger partial charge < -0.3 is 10.1 Å². The van der Waals surface area contributed by atoms with Crippen molar-refractivity contribution in [1.29, 1.82) is 0 Å². The molecule has 1 aliphatic heterocycles. The number of benzene rings is 4. The molecule has 4 aliphatic rings. The van der Waals surface area contributed by atoms with Crippen LogP contribution in [0.4, 0.5) is 5.69 Å². The first kappa shape index (κ1) is 24.3. The van der Waals surface area contributed by atoms with Crippen LogP contribution in [0, 0.1) is 11.8 Å². The molecular weight excluding hydrogens is 500 g/mol. The van der Waals surface area contributed by atoms with Crippen LogP contribution in [0.1, 0.15) is 39.7 Å². The number of nitrogens with one attached hydrogen (secondary N) is 1. The van der Waals surface area contributed by atoms with Gasteiger partial charge in [-0.1, -0.05) is 91.0 Å². The van der Waals surface area contributed by atoms with E-state index in [0.29, 0.717) is 11.4 Å². The molecule has 1 fully saturated rings. The number of anilines is 1. The Morgan fingerprint density at radius 2 is 1.20 bits per heavy atom. The van der Waals surface area contributed by atoms with Gasteiger partial charge in [0.15, 0.2) is 0 Å². The summed E-state index contributed by atoms with van der Waals surface area (Å²) in [5.41, 5.74) is 5.78. The third-order valence-corrected chi connectivity index (χ3v) is 8.73. The van der Waals surface area contributed by atoms with E-state index >= 15 is 0 Å². The van der Waals surface area contributed by atoms with Crippen molar-refractivity contribution >= 4 is 23.4 Å². The van der Waals surface area contributed by atoms with Gasteiger partial charge in [-0.2, -0.15) is 0 Å². The first-order valence-corrected chi connectivity index (χ1v) is 13.6. The molecule has 3 atom stereocenters. The van der Waals surface area contributed by atoms with Crippen LogP contribution >= 0.6 is 0 Å². The molecule has 40 heavy (non-hydrogen) atoms. The fraction of sp³-hybridized carbons (Fsp3) is 0.206. The van der Waals surface area contributed by atoms with Gasteiger partial charge >= 0.3 is 0 Å². The average Bonchev–Trinajstić information content (AvgIpc) is 3.26. The Labute approximate surface area is 232 Å². The number of hydrogen-bond donors (Lipinski definition) is 1. The molecule has 3 amide bonds. The van der Waals surface area contributed by atoms with E-state index in [9.17, 15) is 14.4 Å². The van der Waals surface area contributed by atoms with Crippen molar-refractivity contribution in [3.8, 4) is 5.75 Å². The van der Waals surface area contributed by atoms with Crippen molar-refractivity contribution in [2.45, 2.75) is 24.3 Å². The summed E-state index contributed by atoms with van der Waals surface area (Å²) < 4.78 is 5.43. The van der Waals surface area contributed by atoms with E-state index < -0.39 is 23.8 Å².